The minimum Gasteiger partial charge on any atom is -0.481 e. The van der Waals surface area contributed by atoms with Crippen molar-refractivity contribution in [3.63, 3.8) is 0 Å². The first-order valence-electron chi connectivity index (χ1n) is 4.38. The minimum atomic E-state index is -4.31. The maximum Gasteiger partial charge on any atom is 0.416 e. The van der Waals surface area contributed by atoms with Crippen molar-refractivity contribution in [3.05, 3.63) is 35.4 Å². The topological polar surface area (TPSA) is 21.6 Å². The van der Waals surface area contributed by atoms with E-state index in [1.165, 1.54) is 12.5 Å². The van der Waals surface area contributed by atoms with E-state index in [0.29, 0.717) is 12.2 Å². The molecule has 1 aromatic rings. The van der Waals surface area contributed by atoms with Gasteiger partial charge in [-0.25, -0.2) is 4.99 Å². The Balaban J connectivity index is 2.30. The first kappa shape index (κ1) is 10.0. The molecule has 2 rings (SSSR count). The molecule has 0 amide bonds. The zero-order valence-electron chi connectivity index (χ0n) is 7.66. The molecule has 0 radical (unpaired) electrons. The Labute approximate surface area is 84.4 Å². The van der Waals surface area contributed by atoms with Gasteiger partial charge in [0.15, 0.2) is 6.40 Å². The van der Waals surface area contributed by atoms with E-state index >= 15 is 0 Å². The van der Waals surface area contributed by atoms with Gasteiger partial charge in [-0.05, 0) is 17.7 Å². The van der Waals surface area contributed by atoms with Crippen LogP contribution in [0.3, 0.4) is 0 Å². The Morgan fingerprint density at radius 1 is 1.33 bits per heavy atom. The lowest BCUT2D eigenvalue weighted by Gasteiger charge is -2.10. The third-order valence-electron chi connectivity index (χ3n) is 2.17. The summed E-state index contributed by atoms with van der Waals surface area (Å²) in [4.78, 5) is 3.91. The number of aliphatic imine (C=N–C) groups is 1. The molecule has 0 fully saturated rings. The molecule has 1 aliphatic heterocycles. The van der Waals surface area contributed by atoms with Crippen LogP contribution in [0.5, 0.6) is 0 Å². The molecule has 1 atom stereocenters. The summed E-state index contributed by atoms with van der Waals surface area (Å²) in [6, 6.07) is 4.84. The van der Waals surface area contributed by atoms with E-state index in [1.807, 2.05) is 0 Å². The SMILES string of the molecule is FC(F)(F)c1cccc([C@H]2COC=N2)c1. The molecular weight excluding hydrogens is 207 g/mol. The lowest BCUT2D eigenvalue weighted by atomic mass is 10.1. The van der Waals surface area contributed by atoms with Gasteiger partial charge >= 0.3 is 6.18 Å². The van der Waals surface area contributed by atoms with E-state index in [4.69, 9.17) is 4.74 Å². The number of halogens is 3. The van der Waals surface area contributed by atoms with Crippen molar-refractivity contribution in [1.29, 1.82) is 0 Å². The van der Waals surface area contributed by atoms with Gasteiger partial charge in [-0.2, -0.15) is 13.2 Å². The van der Waals surface area contributed by atoms with Crippen LogP contribution in [0, 0.1) is 0 Å². The molecule has 1 heterocycles. The summed E-state index contributed by atoms with van der Waals surface area (Å²) >= 11 is 0. The van der Waals surface area contributed by atoms with Gasteiger partial charge in [-0.15, -0.1) is 0 Å². The van der Waals surface area contributed by atoms with Crippen molar-refractivity contribution >= 4 is 6.40 Å². The first-order valence-corrected chi connectivity index (χ1v) is 4.38. The smallest absolute Gasteiger partial charge is 0.416 e. The standard InChI is InChI=1S/C10H8F3NO/c11-10(12,13)8-3-1-2-7(4-8)9-5-15-6-14-9/h1-4,6,9H,5H2/t9-/m1/s1. The predicted molar refractivity (Wildman–Crippen MR) is 48.6 cm³/mol. The van der Waals surface area contributed by atoms with Gasteiger partial charge in [0.1, 0.15) is 12.6 Å². The van der Waals surface area contributed by atoms with Gasteiger partial charge in [0.05, 0.1) is 5.56 Å². The fourth-order valence-corrected chi connectivity index (χ4v) is 1.40. The van der Waals surface area contributed by atoms with E-state index in [9.17, 15) is 13.2 Å². The fraction of sp³-hybridized carbons (Fsp3) is 0.300. The van der Waals surface area contributed by atoms with E-state index in [-0.39, 0.29) is 6.04 Å². The summed E-state index contributed by atoms with van der Waals surface area (Å²) in [5.74, 6) is 0. The van der Waals surface area contributed by atoms with Gasteiger partial charge in [0, 0.05) is 0 Å². The average Bonchev–Trinajstić information content (AvgIpc) is 2.69. The largest absolute Gasteiger partial charge is 0.481 e. The summed E-state index contributed by atoms with van der Waals surface area (Å²) in [5, 5.41) is 0. The quantitative estimate of drug-likeness (QED) is 0.705. The van der Waals surface area contributed by atoms with Crippen LogP contribution in [-0.4, -0.2) is 13.0 Å². The number of rotatable bonds is 1. The van der Waals surface area contributed by atoms with Gasteiger partial charge in [-0.1, -0.05) is 12.1 Å². The van der Waals surface area contributed by atoms with Crippen LogP contribution in [0.15, 0.2) is 29.3 Å². The van der Waals surface area contributed by atoms with Gasteiger partial charge in [-0.3, -0.25) is 0 Å². The van der Waals surface area contributed by atoms with Crippen molar-refractivity contribution in [2.24, 2.45) is 4.99 Å². The van der Waals surface area contributed by atoms with Crippen molar-refractivity contribution < 1.29 is 17.9 Å². The number of ether oxygens (including phenoxy) is 1. The normalized spacial score (nSPS) is 20.3. The van der Waals surface area contributed by atoms with Crippen LogP contribution < -0.4 is 0 Å². The van der Waals surface area contributed by atoms with Crippen molar-refractivity contribution in [2.75, 3.05) is 6.61 Å². The summed E-state index contributed by atoms with van der Waals surface area (Å²) in [7, 11) is 0. The Hall–Kier alpha value is -1.52. The highest BCUT2D eigenvalue weighted by Crippen LogP contribution is 2.31. The molecule has 1 aromatic carbocycles. The molecule has 5 heteroatoms. The first-order chi connectivity index (χ1) is 7.07. The predicted octanol–water partition coefficient (Wildman–Crippen LogP) is 2.81. The second kappa shape index (κ2) is 3.56. The number of nitrogens with zero attached hydrogens (tertiary/aromatic N) is 1. The molecular formula is C10H8F3NO. The minimum absolute atomic E-state index is 0.307. The third kappa shape index (κ3) is 2.11. The Morgan fingerprint density at radius 3 is 2.73 bits per heavy atom. The lowest BCUT2D eigenvalue weighted by molar-refractivity contribution is -0.137. The van der Waals surface area contributed by atoms with Crippen LogP contribution >= 0.6 is 0 Å². The molecule has 0 spiro atoms. The molecule has 0 aromatic heterocycles. The van der Waals surface area contributed by atoms with Gasteiger partial charge in [0.2, 0.25) is 0 Å². The molecule has 0 N–H and O–H groups in total. The summed E-state index contributed by atoms with van der Waals surface area (Å²) in [5.41, 5.74) is -0.124. The molecule has 0 saturated heterocycles. The molecule has 80 valence electrons. The van der Waals surface area contributed by atoms with Crippen molar-refractivity contribution in [1.82, 2.24) is 0 Å². The van der Waals surface area contributed by atoms with Crippen LogP contribution in [0.4, 0.5) is 13.2 Å². The molecule has 0 saturated carbocycles. The van der Waals surface area contributed by atoms with Gasteiger partial charge in [0.25, 0.3) is 0 Å². The third-order valence-corrected chi connectivity index (χ3v) is 2.17. The lowest BCUT2D eigenvalue weighted by Crippen LogP contribution is -2.06. The summed E-state index contributed by atoms with van der Waals surface area (Å²) in [6.07, 6.45) is -3.04. The summed E-state index contributed by atoms with van der Waals surface area (Å²) < 4.78 is 42.0. The summed E-state index contributed by atoms with van der Waals surface area (Å²) in [6.45, 7) is 0.307. The van der Waals surface area contributed by atoms with Crippen LogP contribution in [0.25, 0.3) is 0 Å². The average molecular weight is 215 g/mol. The van der Waals surface area contributed by atoms with Gasteiger partial charge < -0.3 is 4.74 Å². The second-order valence-electron chi connectivity index (χ2n) is 3.23. The zero-order valence-corrected chi connectivity index (χ0v) is 7.66. The Bertz CT molecular complexity index is 386. The highest BCUT2D eigenvalue weighted by Gasteiger charge is 2.31. The van der Waals surface area contributed by atoms with E-state index in [2.05, 4.69) is 4.99 Å². The Kier molecular flexibility index (Phi) is 2.38. The molecule has 2 nitrogen and oxygen atoms in total. The zero-order chi connectivity index (χ0) is 10.9. The van der Waals surface area contributed by atoms with Crippen LogP contribution in [-0.2, 0) is 10.9 Å². The maximum absolute atomic E-state index is 12.4. The number of benzene rings is 1. The molecule has 0 bridgehead atoms. The maximum atomic E-state index is 12.4. The molecule has 15 heavy (non-hydrogen) atoms. The van der Waals surface area contributed by atoms with E-state index in [1.54, 1.807) is 6.07 Å². The molecule has 0 aliphatic carbocycles. The molecule has 1 aliphatic rings. The number of hydrogen-bond acceptors (Lipinski definition) is 2. The number of hydrogen-bond donors (Lipinski definition) is 0. The van der Waals surface area contributed by atoms with Crippen LogP contribution in [0.2, 0.25) is 0 Å². The molecule has 0 unspecified atom stereocenters. The highest BCUT2D eigenvalue weighted by molar-refractivity contribution is 5.50. The van der Waals surface area contributed by atoms with E-state index < -0.39 is 11.7 Å². The van der Waals surface area contributed by atoms with Crippen molar-refractivity contribution in [3.8, 4) is 0 Å². The second-order valence-corrected chi connectivity index (χ2v) is 3.23. The Morgan fingerprint density at radius 2 is 2.13 bits per heavy atom. The monoisotopic (exact) mass is 215 g/mol. The highest BCUT2D eigenvalue weighted by atomic mass is 19.4. The number of alkyl halides is 3. The van der Waals surface area contributed by atoms with E-state index in [0.717, 1.165) is 12.1 Å². The van der Waals surface area contributed by atoms with Crippen LogP contribution in [0.1, 0.15) is 17.2 Å². The fourth-order valence-electron chi connectivity index (χ4n) is 1.40. The van der Waals surface area contributed by atoms with Crippen molar-refractivity contribution in [2.45, 2.75) is 12.2 Å².